The number of amides is 2. The number of fused-ring (bicyclic) bond motifs is 1. The van der Waals surface area contributed by atoms with Crippen molar-refractivity contribution in [3.8, 4) is 5.75 Å². The zero-order valence-corrected chi connectivity index (χ0v) is 15.2. The lowest BCUT2D eigenvalue weighted by Gasteiger charge is -2.29. The predicted octanol–water partition coefficient (Wildman–Crippen LogP) is 1.78. The predicted molar refractivity (Wildman–Crippen MR) is 96.8 cm³/mol. The Morgan fingerprint density at radius 2 is 2.30 bits per heavy atom. The lowest BCUT2D eigenvalue weighted by molar-refractivity contribution is -0.384. The number of anilines is 1. The van der Waals surface area contributed by atoms with Crippen LogP contribution in [0, 0.1) is 10.1 Å². The van der Waals surface area contributed by atoms with Crippen molar-refractivity contribution in [1.82, 2.24) is 5.32 Å². The molecule has 1 aromatic carbocycles. The van der Waals surface area contributed by atoms with Crippen LogP contribution in [0.5, 0.6) is 5.75 Å². The quantitative estimate of drug-likeness (QED) is 0.573. The molecule has 1 fully saturated rings. The molecule has 2 atom stereocenters. The van der Waals surface area contributed by atoms with E-state index in [1.165, 1.54) is 23.1 Å². The number of nitro benzene ring substituents is 1. The van der Waals surface area contributed by atoms with Gasteiger partial charge in [0, 0.05) is 24.8 Å². The monoisotopic (exact) mass is 377 g/mol. The van der Waals surface area contributed by atoms with Gasteiger partial charge in [-0.05, 0) is 38.7 Å². The molecule has 9 nitrogen and oxygen atoms in total. The molecule has 2 amide bonds. The van der Waals surface area contributed by atoms with Gasteiger partial charge in [-0.3, -0.25) is 24.6 Å². The molecule has 146 valence electrons. The summed E-state index contributed by atoms with van der Waals surface area (Å²) in [6.45, 7) is 2.30. The van der Waals surface area contributed by atoms with Crippen molar-refractivity contribution in [3.63, 3.8) is 0 Å². The molecule has 27 heavy (non-hydrogen) atoms. The molecular formula is C18H23N3O6. The minimum absolute atomic E-state index is 0.0533. The summed E-state index contributed by atoms with van der Waals surface area (Å²) in [4.78, 5) is 36.2. The van der Waals surface area contributed by atoms with Gasteiger partial charge in [0.05, 0.1) is 16.7 Å². The molecule has 2 heterocycles. The lowest BCUT2D eigenvalue weighted by atomic mass is 10.1. The zero-order valence-electron chi connectivity index (χ0n) is 15.2. The molecule has 0 saturated carbocycles. The van der Waals surface area contributed by atoms with Gasteiger partial charge in [0.15, 0.2) is 6.61 Å². The van der Waals surface area contributed by atoms with E-state index in [-0.39, 0.29) is 42.6 Å². The molecule has 1 aromatic rings. The highest BCUT2D eigenvalue weighted by Gasteiger charge is 2.29. The molecule has 2 unspecified atom stereocenters. The number of nitrogens with zero attached hydrogens (tertiary/aromatic N) is 2. The Kier molecular flexibility index (Phi) is 5.90. The first-order chi connectivity index (χ1) is 12.9. The fourth-order valence-corrected chi connectivity index (χ4v) is 3.32. The lowest BCUT2D eigenvalue weighted by Crippen LogP contribution is -2.46. The van der Waals surface area contributed by atoms with Crippen LogP contribution in [-0.4, -0.2) is 48.6 Å². The number of hydrogen-bond donors (Lipinski definition) is 1. The summed E-state index contributed by atoms with van der Waals surface area (Å²) in [5.74, 6) is -0.382. The van der Waals surface area contributed by atoms with E-state index in [0.29, 0.717) is 5.75 Å². The maximum Gasteiger partial charge on any atom is 0.271 e. The number of carbonyl (C=O) groups excluding carboxylic acids is 2. The van der Waals surface area contributed by atoms with Crippen LogP contribution < -0.4 is 15.0 Å². The van der Waals surface area contributed by atoms with E-state index in [0.717, 1.165) is 32.3 Å². The van der Waals surface area contributed by atoms with E-state index >= 15 is 0 Å². The Hall–Kier alpha value is -2.68. The van der Waals surface area contributed by atoms with Crippen LogP contribution in [0.15, 0.2) is 18.2 Å². The maximum atomic E-state index is 12.4. The third-order valence-electron chi connectivity index (χ3n) is 4.75. The second kappa shape index (κ2) is 8.34. The summed E-state index contributed by atoms with van der Waals surface area (Å²) in [5.41, 5.74) is 0.0741. The van der Waals surface area contributed by atoms with Gasteiger partial charge in [0.2, 0.25) is 5.91 Å². The van der Waals surface area contributed by atoms with Crippen molar-refractivity contribution < 1.29 is 24.0 Å². The minimum Gasteiger partial charge on any atom is -0.482 e. The highest BCUT2D eigenvalue weighted by molar-refractivity contribution is 6.02. The van der Waals surface area contributed by atoms with Gasteiger partial charge >= 0.3 is 0 Å². The molecule has 9 heteroatoms. The van der Waals surface area contributed by atoms with E-state index in [1.807, 2.05) is 6.92 Å². The van der Waals surface area contributed by atoms with Crippen LogP contribution in [0.25, 0.3) is 0 Å². The molecule has 2 aliphatic rings. The molecule has 3 rings (SSSR count). The summed E-state index contributed by atoms with van der Waals surface area (Å²) < 4.78 is 10.9. The Balaban J connectivity index is 1.60. The van der Waals surface area contributed by atoms with Crippen LogP contribution in [0.4, 0.5) is 11.4 Å². The number of non-ortho nitro benzene ring substituents is 1. The Bertz CT molecular complexity index is 732. The summed E-state index contributed by atoms with van der Waals surface area (Å²) in [7, 11) is 0. The van der Waals surface area contributed by atoms with E-state index in [4.69, 9.17) is 9.47 Å². The fourth-order valence-electron chi connectivity index (χ4n) is 3.32. The Morgan fingerprint density at radius 1 is 1.48 bits per heavy atom. The highest BCUT2D eigenvalue weighted by atomic mass is 16.6. The van der Waals surface area contributed by atoms with Crippen molar-refractivity contribution in [2.45, 2.75) is 44.8 Å². The van der Waals surface area contributed by atoms with E-state index in [1.54, 1.807) is 0 Å². The Morgan fingerprint density at radius 3 is 3.00 bits per heavy atom. The molecular weight excluding hydrogens is 354 g/mol. The van der Waals surface area contributed by atoms with Crippen molar-refractivity contribution in [3.05, 3.63) is 28.3 Å². The summed E-state index contributed by atoms with van der Waals surface area (Å²) in [6.07, 6.45) is 4.06. The smallest absolute Gasteiger partial charge is 0.271 e. The van der Waals surface area contributed by atoms with Crippen LogP contribution in [0.3, 0.4) is 0 Å². The number of nitro groups is 1. The number of nitrogens with one attached hydrogen (secondary N) is 1. The third kappa shape index (κ3) is 4.73. The number of hydrogen-bond acceptors (Lipinski definition) is 6. The summed E-state index contributed by atoms with van der Waals surface area (Å²) in [5, 5.41) is 13.9. The third-order valence-corrected chi connectivity index (χ3v) is 4.75. The molecule has 2 aliphatic heterocycles. The topological polar surface area (TPSA) is 111 Å². The highest BCUT2D eigenvalue weighted by Crippen LogP contribution is 2.35. The van der Waals surface area contributed by atoms with Gasteiger partial charge in [0.1, 0.15) is 12.3 Å². The fraction of sp³-hybridized carbons (Fsp3) is 0.556. The van der Waals surface area contributed by atoms with E-state index < -0.39 is 10.8 Å². The van der Waals surface area contributed by atoms with Crippen molar-refractivity contribution in [2.75, 3.05) is 24.7 Å². The SMILES string of the molecule is CC(CCC1CCCO1)NC(=O)CN1C(=O)COc2ccc([N+](=O)[O-])cc21. The van der Waals surface area contributed by atoms with Gasteiger partial charge in [-0.15, -0.1) is 0 Å². The van der Waals surface area contributed by atoms with Crippen LogP contribution in [0.2, 0.25) is 0 Å². The van der Waals surface area contributed by atoms with Gasteiger partial charge in [-0.2, -0.15) is 0 Å². The molecule has 0 bridgehead atoms. The number of rotatable bonds is 7. The number of carbonyl (C=O) groups is 2. The average Bonchev–Trinajstić information content (AvgIpc) is 3.15. The average molecular weight is 377 g/mol. The zero-order chi connectivity index (χ0) is 19.4. The van der Waals surface area contributed by atoms with Gasteiger partial charge in [-0.25, -0.2) is 0 Å². The number of ether oxygens (including phenoxy) is 2. The molecule has 0 aliphatic carbocycles. The maximum absolute atomic E-state index is 12.4. The van der Waals surface area contributed by atoms with Gasteiger partial charge in [0.25, 0.3) is 11.6 Å². The first-order valence-corrected chi connectivity index (χ1v) is 9.06. The van der Waals surface area contributed by atoms with Crippen molar-refractivity contribution >= 4 is 23.2 Å². The van der Waals surface area contributed by atoms with Gasteiger partial charge in [-0.1, -0.05) is 0 Å². The van der Waals surface area contributed by atoms with Crippen molar-refractivity contribution in [1.29, 1.82) is 0 Å². The van der Waals surface area contributed by atoms with E-state index in [2.05, 4.69) is 5.32 Å². The second-order valence-corrected chi connectivity index (χ2v) is 6.86. The second-order valence-electron chi connectivity index (χ2n) is 6.86. The Labute approximate surface area is 156 Å². The van der Waals surface area contributed by atoms with Crippen LogP contribution in [0.1, 0.15) is 32.6 Å². The largest absolute Gasteiger partial charge is 0.482 e. The molecule has 0 radical (unpaired) electrons. The number of benzene rings is 1. The minimum atomic E-state index is -0.551. The molecule has 1 saturated heterocycles. The summed E-state index contributed by atoms with van der Waals surface area (Å²) >= 11 is 0. The van der Waals surface area contributed by atoms with Gasteiger partial charge < -0.3 is 14.8 Å². The first kappa shape index (κ1) is 19.1. The molecule has 0 spiro atoms. The molecule has 1 N–H and O–H groups in total. The van der Waals surface area contributed by atoms with Crippen LogP contribution >= 0.6 is 0 Å². The summed E-state index contributed by atoms with van der Waals surface area (Å²) in [6, 6.07) is 3.94. The normalized spacial score (nSPS) is 20.0. The van der Waals surface area contributed by atoms with Crippen LogP contribution in [-0.2, 0) is 14.3 Å². The van der Waals surface area contributed by atoms with E-state index in [9.17, 15) is 19.7 Å². The first-order valence-electron chi connectivity index (χ1n) is 9.06. The molecule has 0 aromatic heterocycles. The standard InChI is InChI=1S/C18H23N3O6/c1-12(4-6-14-3-2-8-26-14)19-17(22)10-20-15-9-13(21(24)25)5-7-16(15)27-11-18(20)23/h5,7,9,12,14H,2-4,6,8,10-11H2,1H3,(H,19,22). The van der Waals surface area contributed by atoms with Crippen molar-refractivity contribution in [2.24, 2.45) is 0 Å².